The number of amidine groups is 1. The van der Waals surface area contributed by atoms with Crippen LogP contribution < -0.4 is 0 Å². The normalized spacial score (nSPS) is 15.3. The van der Waals surface area contributed by atoms with E-state index in [1.54, 1.807) is 18.0 Å². The van der Waals surface area contributed by atoms with Crippen LogP contribution in [0, 0.1) is 62.3 Å². The Morgan fingerprint density at radius 2 is 1.30 bits per heavy atom. The van der Waals surface area contributed by atoms with Crippen LogP contribution in [0.3, 0.4) is 0 Å². The van der Waals surface area contributed by atoms with Gasteiger partial charge in [0.05, 0.1) is 40.2 Å². The zero-order chi connectivity index (χ0) is 44.9. The molecule has 10 heterocycles. The van der Waals surface area contributed by atoms with Gasteiger partial charge in [0.15, 0.2) is 0 Å². The topological polar surface area (TPSA) is 219 Å². The SMILES string of the molecule is CC1=NC2=NC=NC3=NC=NC(=N1)N32.C[p+]1npnpn1.Cc1nc2c(c(C)c1C)C(C)c1cccnc1-2.Cc1nc2oc3ncccc3c2c(C)c1C.Cc1nnc(C)c(C)n1. The van der Waals surface area contributed by atoms with E-state index in [1.165, 1.54) is 46.1 Å². The lowest BCUT2D eigenvalue weighted by molar-refractivity contribution is 0.638. The number of fused-ring (bicyclic) bond motifs is 6. The summed E-state index contributed by atoms with van der Waals surface area (Å²) < 4.78 is 17.6. The summed E-state index contributed by atoms with van der Waals surface area (Å²) in [4.78, 5) is 47.9. The van der Waals surface area contributed by atoms with Crippen molar-refractivity contribution in [2.24, 2.45) is 36.6 Å². The van der Waals surface area contributed by atoms with Gasteiger partial charge in [0.2, 0.25) is 37.2 Å². The van der Waals surface area contributed by atoms with E-state index in [1.807, 2.05) is 58.8 Å². The van der Waals surface area contributed by atoms with Crippen LogP contribution in [0.25, 0.3) is 33.6 Å². The van der Waals surface area contributed by atoms with Crippen molar-refractivity contribution in [3.63, 3.8) is 0 Å². The molecular weight excluding hydrogens is 852 g/mol. The van der Waals surface area contributed by atoms with Gasteiger partial charge in [0.1, 0.15) is 24.3 Å². The second-order valence-corrected chi connectivity index (χ2v) is 18.2. The molecule has 318 valence electrons. The van der Waals surface area contributed by atoms with Gasteiger partial charge in [-0.25, -0.2) is 39.8 Å². The number of aryl methyl sites for hydroxylation is 7. The second kappa shape index (κ2) is 19.3. The van der Waals surface area contributed by atoms with Gasteiger partial charge < -0.3 is 4.42 Å². The summed E-state index contributed by atoms with van der Waals surface area (Å²) in [5.41, 5.74) is 15.3. The van der Waals surface area contributed by atoms with Gasteiger partial charge in [-0.05, 0) is 134 Å². The van der Waals surface area contributed by atoms with Crippen molar-refractivity contribution in [1.29, 1.82) is 0 Å². The Morgan fingerprint density at radius 1 is 0.635 bits per heavy atom. The number of rotatable bonds is 0. The molecule has 0 amide bonds. The third-order valence-corrected chi connectivity index (χ3v) is 14.0. The lowest BCUT2D eigenvalue weighted by Gasteiger charge is -2.26. The third kappa shape index (κ3) is 9.63. The molecule has 18 nitrogen and oxygen atoms in total. The Bertz CT molecular complexity index is 3070. The first-order valence-corrected chi connectivity index (χ1v) is 23.1. The molecule has 0 saturated heterocycles. The number of furan rings is 1. The largest absolute Gasteiger partial charge is 0.419 e. The molecule has 0 spiro atoms. The summed E-state index contributed by atoms with van der Waals surface area (Å²) in [7, 11) is 1.37. The first-order chi connectivity index (χ1) is 30.2. The fourth-order valence-electron chi connectivity index (χ4n) is 6.87. The molecule has 7 aromatic heterocycles. The minimum atomic E-state index is -0.360. The fourth-order valence-corrected chi connectivity index (χ4v) is 9.34. The van der Waals surface area contributed by atoms with E-state index in [9.17, 15) is 0 Å². The van der Waals surface area contributed by atoms with E-state index in [0.717, 1.165) is 67.8 Å². The first-order valence-electron chi connectivity index (χ1n) is 19.8. The molecule has 1 unspecified atom stereocenters. The van der Waals surface area contributed by atoms with E-state index in [2.05, 4.69) is 121 Å². The number of nitrogens with zero attached hydrogens (tertiary/aromatic N) is 17. The average molecular weight is 897 g/mol. The molecule has 0 aromatic carbocycles. The fraction of sp³-hybridized carbons (Fsp3) is 0.310. The quantitative estimate of drug-likeness (QED) is 0.139. The van der Waals surface area contributed by atoms with Crippen molar-refractivity contribution >= 4 is 83.5 Å². The molecule has 21 heteroatoms. The van der Waals surface area contributed by atoms with Gasteiger partial charge in [0, 0.05) is 29.7 Å². The minimum Gasteiger partial charge on any atom is -0.419 e. The smallest absolute Gasteiger partial charge is 0.346 e. The van der Waals surface area contributed by atoms with Gasteiger partial charge in [-0.2, -0.15) is 15.1 Å². The van der Waals surface area contributed by atoms with E-state index in [0.29, 0.717) is 41.1 Å². The van der Waals surface area contributed by atoms with Crippen molar-refractivity contribution < 1.29 is 4.42 Å². The maximum absolute atomic E-state index is 5.65. The van der Waals surface area contributed by atoms with Crippen LogP contribution in [0.15, 0.2) is 71.0 Å². The van der Waals surface area contributed by atoms with Crippen molar-refractivity contribution in [1.82, 2.24) is 53.5 Å². The molecule has 4 aliphatic rings. The lowest BCUT2D eigenvalue weighted by Crippen LogP contribution is -2.45. The summed E-state index contributed by atoms with van der Waals surface area (Å²) in [6.45, 7) is 24.3. The van der Waals surface area contributed by atoms with Crippen LogP contribution in [0.5, 0.6) is 0 Å². The molecule has 0 N–H and O–H groups in total. The molecule has 7 aromatic rings. The Labute approximate surface area is 368 Å². The Morgan fingerprint density at radius 3 is 2.00 bits per heavy atom. The Hall–Kier alpha value is -6.47. The molecule has 0 bridgehead atoms. The van der Waals surface area contributed by atoms with Crippen LogP contribution in [0.4, 0.5) is 0 Å². The van der Waals surface area contributed by atoms with Crippen LogP contribution in [-0.4, -0.2) is 89.9 Å². The second-order valence-electron chi connectivity index (χ2n) is 14.7. The van der Waals surface area contributed by atoms with Crippen molar-refractivity contribution in [2.45, 2.75) is 82.1 Å². The first kappa shape index (κ1) is 44.6. The number of hydrogen-bond acceptors (Lipinski definition) is 18. The van der Waals surface area contributed by atoms with Crippen LogP contribution in [0.1, 0.15) is 81.7 Å². The summed E-state index contributed by atoms with van der Waals surface area (Å²) in [5, 5.41) is 9.78. The highest BCUT2D eigenvalue weighted by Crippen LogP contribution is 2.44. The minimum absolute atomic E-state index is 0.360. The summed E-state index contributed by atoms with van der Waals surface area (Å²) >= 11 is 0. The number of pyridine rings is 4. The Balaban J connectivity index is 0.000000122. The summed E-state index contributed by atoms with van der Waals surface area (Å²) in [6, 6.07) is 8.12. The zero-order valence-corrected chi connectivity index (χ0v) is 39.7. The zero-order valence-electron chi connectivity index (χ0n) is 37.0. The van der Waals surface area contributed by atoms with Gasteiger partial charge in [-0.3, -0.25) is 9.97 Å². The molecular formula is C42H45N17OP3+. The maximum atomic E-state index is 5.65. The summed E-state index contributed by atoms with van der Waals surface area (Å²) in [6.07, 6.45) is 6.43. The number of guanidine groups is 3. The van der Waals surface area contributed by atoms with Crippen LogP contribution in [-0.2, 0) is 6.66 Å². The molecule has 63 heavy (non-hydrogen) atoms. The number of aliphatic imine (C=N–C) groups is 6. The monoisotopic (exact) mass is 896 g/mol. The summed E-state index contributed by atoms with van der Waals surface area (Å²) in [5.74, 6) is 3.30. The van der Waals surface area contributed by atoms with Crippen LogP contribution in [0.2, 0.25) is 0 Å². The molecule has 0 saturated carbocycles. The number of hydrogen-bond donors (Lipinski definition) is 0. The predicted octanol–water partition coefficient (Wildman–Crippen LogP) is 9.34. The van der Waals surface area contributed by atoms with Gasteiger partial charge in [-0.15, -0.1) is 5.10 Å². The molecule has 1 atom stereocenters. The van der Waals surface area contributed by atoms with E-state index < -0.39 is 0 Å². The van der Waals surface area contributed by atoms with Gasteiger partial charge in [-0.1, -0.05) is 13.0 Å². The van der Waals surface area contributed by atoms with E-state index in [-0.39, 0.29) is 7.85 Å². The highest BCUT2D eigenvalue weighted by Gasteiger charge is 2.31. The molecule has 1 aliphatic carbocycles. The predicted molar refractivity (Wildman–Crippen MR) is 254 cm³/mol. The molecule has 11 rings (SSSR count). The lowest BCUT2D eigenvalue weighted by atomic mass is 9.94. The van der Waals surface area contributed by atoms with Gasteiger partial charge >= 0.3 is 17.0 Å². The van der Waals surface area contributed by atoms with Crippen molar-refractivity contribution in [2.75, 3.05) is 0 Å². The average Bonchev–Trinajstić information content (AvgIpc) is 3.79. The molecule has 3 aliphatic heterocycles. The molecule has 0 fully saturated rings. The number of aromatic nitrogens is 10. The Kier molecular flexibility index (Phi) is 13.6. The van der Waals surface area contributed by atoms with E-state index >= 15 is 0 Å². The molecule has 0 radical (unpaired) electrons. The highest BCUT2D eigenvalue weighted by molar-refractivity contribution is 7.52. The highest BCUT2D eigenvalue weighted by atomic mass is 31.2. The van der Waals surface area contributed by atoms with E-state index in [4.69, 9.17) is 9.40 Å². The van der Waals surface area contributed by atoms with Crippen molar-refractivity contribution in [3.8, 4) is 11.4 Å². The maximum Gasteiger partial charge on any atom is 0.346 e. The van der Waals surface area contributed by atoms with Crippen LogP contribution >= 0.6 is 24.9 Å². The standard InChI is InChI=1S/C15H16N2.C13H12N2O.C7H5N7.C6H9N3.CH3N3P3/c1-8-9(2)13-10(3)12-6-5-7-16-14(12)15(13)17-11(8)4;1-7-8(2)11-10-5-4-6-14-12(10)16-13(11)15-9(7)3;1-4-12-6-10-2-8-5-9-3-11-7(13-4)14(5)6;1-4-5(2)8-9-6(3)7-4;1-7-3-5-2-6-4-7/h5-7,10H,1-4H3;4-6H,1-3H3;2-3H,1H3;1-3H3;1H3/q;;;;+1. The van der Waals surface area contributed by atoms with Crippen molar-refractivity contribution in [3.05, 3.63) is 98.6 Å². The third-order valence-electron chi connectivity index (χ3n) is 10.6. The van der Waals surface area contributed by atoms with Gasteiger partial charge in [0.25, 0.3) is 0 Å².